The van der Waals surface area contributed by atoms with E-state index in [0.29, 0.717) is 16.5 Å². The number of amides is 1. The van der Waals surface area contributed by atoms with Gasteiger partial charge in [0.25, 0.3) is 0 Å². The van der Waals surface area contributed by atoms with Crippen LogP contribution in [0, 0.1) is 25.2 Å². The van der Waals surface area contributed by atoms with Crippen molar-refractivity contribution in [2.24, 2.45) is 0 Å². The third kappa shape index (κ3) is 4.59. The van der Waals surface area contributed by atoms with Crippen LogP contribution in [0.25, 0.3) is 0 Å². The van der Waals surface area contributed by atoms with E-state index in [9.17, 15) is 10.1 Å². The molecule has 0 aliphatic heterocycles. The molecule has 124 valence electrons. The van der Waals surface area contributed by atoms with Gasteiger partial charge < -0.3 is 5.32 Å². The fourth-order valence-electron chi connectivity index (χ4n) is 2.35. The van der Waals surface area contributed by atoms with Crippen LogP contribution in [0.4, 0.5) is 5.69 Å². The van der Waals surface area contributed by atoms with E-state index >= 15 is 0 Å². The van der Waals surface area contributed by atoms with Crippen molar-refractivity contribution in [1.82, 2.24) is 4.98 Å². The third-order valence-electron chi connectivity index (χ3n) is 3.60. The molecule has 24 heavy (non-hydrogen) atoms. The zero-order chi connectivity index (χ0) is 17.7. The minimum atomic E-state index is -0.106. The maximum atomic E-state index is 12.2. The molecular formula is C19H21N3OS. The highest BCUT2D eigenvalue weighted by molar-refractivity contribution is 8.00. The number of hydrogen-bond donors (Lipinski definition) is 1. The number of rotatable bonds is 5. The van der Waals surface area contributed by atoms with E-state index < -0.39 is 0 Å². The largest absolute Gasteiger partial charge is 0.325 e. The predicted molar refractivity (Wildman–Crippen MR) is 98.3 cm³/mol. The maximum absolute atomic E-state index is 12.2. The Morgan fingerprint density at radius 1 is 1.33 bits per heavy atom. The van der Waals surface area contributed by atoms with Crippen LogP contribution >= 0.6 is 11.8 Å². The van der Waals surface area contributed by atoms with E-state index in [-0.39, 0.29) is 11.7 Å². The predicted octanol–water partition coefficient (Wildman–Crippen LogP) is 4.42. The quantitative estimate of drug-likeness (QED) is 0.819. The van der Waals surface area contributed by atoms with Gasteiger partial charge in [0.05, 0.1) is 11.3 Å². The zero-order valence-corrected chi connectivity index (χ0v) is 15.2. The second kappa shape index (κ2) is 7.98. The highest BCUT2D eigenvalue weighted by Gasteiger charge is 2.12. The average molecular weight is 339 g/mol. The Morgan fingerprint density at radius 2 is 2.08 bits per heavy atom. The molecule has 1 aromatic heterocycles. The fraction of sp³-hybridized carbons (Fsp3) is 0.316. The Hall–Kier alpha value is -2.32. The Labute approximate surface area is 147 Å². The summed E-state index contributed by atoms with van der Waals surface area (Å²) in [4.78, 5) is 16.6. The van der Waals surface area contributed by atoms with E-state index in [1.807, 2.05) is 44.2 Å². The summed E-state index contributed by atoms with van der Waals surface area (Å²) >= 11 is 1.29. The lowest BCUT2D eigenvalue weighted by molar-refractivity contribution is -0.113. The monoisotopic (exact) mass is 339 g/mol. The van der Waals surface area contributed by atoms with Gasteiger partial charge >= 0.3 is 0 Å². The number of nitrogens with one attached hydrogen (secondary N) is 1. The number of thioether (sulfide) groups is 1. The lowest BCUT2D eigenvalue weighted by atomic mass is 10.0. The molecule has 1 heterocycles. The van der Waals surface area contributed by atoms with Crippen molar-refractivity contribution in [3.8, 4) is 6.07 Å². The number of aryl methyl sites for hydroxylation is 2. The minimum Gasteiger partial charge on any atom is -0.325 e. The number of pyridine rings is 1. The molecule has 0 radical (unpaired) electrons. The molecule has 0 atom stereocenters. The van der Waals surface area contributed by atoms with Gasteiger partial charge in [-0.05, 0) is 49.1 Å². The molecule has 0 fully saturated rings. The maximum Gasteiger partial charge on any atom is 0.234 e. The molecule has 0 aliphatic rings. The van der Waals surface area contributed by atoms with E-state index in [0.717, 1.165) is 16.9 Å². The number of nitriles is 1. The van der Waals surface area contributed by atoms with Crippen LogP contribution in [0.5, 0.6) is 0 Å². The van der Waals surface area contributed by atoms with Gasteiger partial charge in [-0.15, -0.1) is 0 Å². The van der Waals surface area contributed by atoms with Crippen molar-refractivity contribution < 1.29 is 4.79 Å². The summed E-state index contributed by atoms with van der Waals surface area (Å²) in [6.07, 6.45) is 0. The molecule has 1 N–H and O–H groups in total. The Morgan fingerprint density at radius 3 is 2.75 bits per heavy atom. The Bertz CT molecular complexity index is 794. The molecule has 0 bridgehead atoms. The molecule has 0 spiro atoms. The number of carbonyl (C=O) groups is 1. The normalized spacial score (nSPS) is 10.5. The van der Waals surface area contributed by atoms with E-state index in [4.69, 9.17) is 0 Å². The molecule has 0 saturated carbocycles. The van der Waals surface area contributed by atoms with Gasteiger partial charge in [-0.25, -0.2) is 4.98 Å². The number of aromatic nitrogens is 1. The summed E-state index contributed by atoms with van der Waals surface area (Å²) in [5.41, 5.74) is 4.25. The topological polar surface area (TPSA) is 65.8 Å². The van der Waals surface area contributed by atoms with Gasteiger partial charge in [-0.1, -0.05) is 37.7 Å². The summed E-state index contributed by atoms with van der Waals surface area (Å²) < 4.78 is 0. The summed E-state index contributed by atoms with van der Waals surface area (Å²) in [5, 5.41) is 12.8. The Kier molecular flexibility index (Phi) is 5.99. The molecular weight excluding hydrogens is 318 g/mol. The van der Waals surface area contributed by atoms with E-state index in [1.165, 1.54) is 17.3 Å². The molecule has 1 amide bonds. The third-order valence-corrected chi connectivity index (χ3v) is 4.58. The number of benzene rings is 1. The highest BCUT2D eigenvalue weighted by Crippen LogP contribution is 2.24. The Balaban J connectivity index is 2.04. The second-order valence-corrected chi connectivity index (χ2v) is 6.95. The number of nitrogens with zero attached hydrogens (tertiary/aromatic N) is 2. The van der Waals surface area contributed by atoms with Crippen LogP contribution < -0.4 is 5.32 Å². The van der Waals surface area contributed by atoms with Gasteiger partial charge in [0, 0.05) is 11.4 Å². The second-order valence-electron chi connectivity index (χ2n) is 5.99. The van der Waals surface area contributed by atoms with Crippen LogP contribution in [0.2, 0.25) is 0 Å². The standard InChI is InChI=1S/C19H21N3OS/c1-12(2)15-6-5-7-16(9-15)22-18(23)11-24-19-17(10-20)13(3)8-14(4)21-19/h5-9,12H,11H2,1-4H3,(H,22,23). The highest BCUT2D eigenvalue weighted by atomic mass is 32.2. The first-order valence-corrected chi connectivity index (χ1v) is 8.80. The summed E-state index contributed by atoms with van der Waals surface area (Å²) in [5.74, 6) is 0.524. The first-order chi connectivity index (χ1) is 11.4. The number of carbonyl (C=O) groups excluding carboxylic acids is 1. The molecule has 0 unspecified atom stereocenters. The molecule has 4 nitrogen and oxygen atoms in total. The molecule has 2 aromatic rings. The first kappa shape index (κ1) is 18.0. The van der Waals surface area contributed by atoms with Crippen LogP contribution in [-0.2, 0) is 4.79 Å². The van der Waals surface area contributed by atoms with Gasteiger partial charge in [0.15, 0.2) is 0 Å². The average Bonchev–Trinajstić information content (AvgIpc) is 2.52. The molecule has 0 aliphatic carbocycles. The number of anilines is 1. The lowest BCUT2D eigenvalue weighted by Crippen LogP contribution is -2.14. The number of hydrogen-bond acceptors (Lipinski definition) is 4. The zero-order valence-electron chi connectivity index (χ0n) is 14.4. The molecule has 2 rings (SSSR count). The SMILES string of the molecule is Cc1cc(C)c(C#N)c(SCC(=O)Nc2cccc(C(C)C)c2)n1. The lowest BCUT2D eigenvalue weighted by Gasteiger charge is -2.10. The van der Waals surface area contributed by atoms with E-state index in [1.54, 1.807) is 0 Å². The van der Waals surface area contributed by atoms with Gasteiger partial charge in [-0.3, -0.25) is 4.79 Å². The van der Waals surface area contributed by atoms with Gasteiger partial charge in [0.1, 0.15) is 11.1 Å². The van der Waals surface area contributed by atoms with Crippen molar-refractivity contribution in [2.75, 3.05) is 11.1 Å². The van der Waals surface area contributed by atoms with Crippen LogP contribution in [-0.4, -0.2) is 16.6 Å². The van der Waals surface area contributed by atoms with E-state index in [2.05, 4.69) is 30.2 Å². The van der Waals surface area contributed by atoms with Crippen molar-refractivity contribution in [2.45, 2.75) is 38.6 Å². The van der Waals surface area contributed by atoms with Crippen LogP contribution in [0.1, 0.15) is 42.1 Å². The van der Waals surface area contributed by atoms with Gasteiger partial charge in [0.2, 0.25) is 5.91 Å². The first-order valence-electron chi connectivity index (χ1n) is 7.81. The minimum absolute atomic E-state index is 0.106. The molecule has 1 aromatic carbocycles. The van der Waals surface area contributed by atoms with Crippen molar-refractivity contribution >= 4 is 23.4 Å². The van der Waals surface area contributed by atoms with Crippen molar-refractivity contribution in [1.29, 1.82) is 5.26 Å². The molecule has 0 saturated heterocycles. The summed E-state index contributed by atoms with van der Waals surface area (Å²) in [6, 6.07) is 11.9. The fourth-order valence-corrected chi connectivity index (χ4v) is 3.25. The van der Waals surface area contributed by atoms with Crippen LogP contribution in [0.3, 0.4) is 0 Å². The summed E-state index contributed by atoms with van der Waals surface area (Å²) in [6.45, 7) is 8.00. The smallest absolute Gasteiger partial charge is 0.234 e. The van der Waals surface area contributed by atoms with Crippen molar-refractivity contribution in [3.05, 3.63) is 52.7 Å². The van der Waals surface area contributed by atoms with Crippen molar-refractivity contribution in [3.63, 3.8) is 0 Å². The summed E-state index contributed by atoms with van der Waals surface area (Å²) in [7, 11) is 0. The molecule has 5 heteroatoms. The van der Waals surface area contributed by atoms with Gasteiger partial charge in [-0.2, -0.15) is 5.26 Å². The van der Waals surface area contributed by atoms with Crippen LogP contribution in [0.15, 0.2) is 35.4 Å².